The average molecular weight is 725 g/mol. The number of hydrogen-bond acceptors (Lipinski definition) is 8. The third-order valence-electron chi connectivity index (χ3n) is 8.37. The number of aldehydes is 1. The van der Waals surface area contributed by atoms with Gasteiger partial charge in [0.15, 0.2) is 5.78 Å². The summed E-state index contributed by atoms with van der Waals surface area (Å²) in [6, 6.07) is 17.6. The molecule has 4 N–H and O–H groups in total. The quantitative estimate of drug-likeness (QED) is 0.121. The van der Waals surface area contributed by atoms with Crippen molar-refractivity contribution in [2.45, 2.75) is 123 Å². The first-order valence-electron chi connectivity index (χ1n) is 18.2. The highest BCUT2D eigenvalue weighted by Gasteiger charge is 2.50. The van der Waals surface area contributed by atoms with Gasteiger partial charge in [-0.15, -0.1) is 0 Å². The van der Waals surface area contributed by atoms with Crippen molar-refractivity contribution in [2.75, 3.05) is 20.8 Å². The number of carbonyl (C=O) groups excluding carboxylic acids is 5. The van der Waals surface area contributed by atoms with Gasteiger partial charge in [-0.3, -0.25) is 19.2 Å². The number of ether oxygens (including phenoxy) is 2. The zero-order valence-electron chi connectivity index (χ0n) is 33.0. The Morgan fingerprint density at radius 2 is 1.33 bits per heavy atom. The van der Waals surface area contributed by atoms with E-state index in [1.54, 1.807) is 21.1 Å². The molecule has 1 aliphatic heterocycles. The van der Waals surface area contributed by atoms with Crippen molar-refractivity contribution in [3.8, 4) is 0 Å². The van der Waals surface area contributed by atoms with Crippen LogP contribution in [0.3, 0.4) is 0 Å². The number of hydrogen-bond donors (Lipinski definition) is 4. The van der Waals surface area contributed by atoms with E-state index in [4.69, 9.17) is 9.47 Å². The monoisotopic (exact) mass is 724 g/mol. The van der Waals surface area contributed by atoms with E-state index in [9.17, 15) is 24.0 Å². The molecule has 11 heteroatoms. The first kappa shape index (κ1) is 46.1. The first-order valence-corrected chi connectivity index (χ1v) is 18.2. The molecule has 2 aromatic rings. The highest BCUT2D eigenvalue weighted by molar-refractivity contribution is 5.97. The molecule has 1 saturated heterocycles. The summed E-state index contributed by atoms with van der Waals surface area (Å²) in [7, 11) is 3.47. The second-order valence-corrected chi connectivity index (χ2v) is 15.2. The molecule has 2 aromatic carbocycles. The molecule has 1 aliphatic rings. The minimum Gasteiger partial charge on any atom is -0.379 e. The zero-order chi connectivity index (χ0) is 39.3. The molecule has 3 rings (SSSR count). The molecule has 4 unspecified atom stereocenters. The molecule has 5 atom stereocenters. The first-order chi connectivity index (χ1) is 24.5. The number of aryl methyl sites for hydroxylation is 1. The fraction of sp³-hybridized carbons (Fsp3) is 0.585. The molecule has 0 radical (unpaired) electrons. The van der Waals surface area contributed by atoms with Crippen LogP contribution in [0.1, 0.15) is 85.8 Å². The molecule has 11 nitrogen and oxygen atoms in total. The highest BCUT2D eigenvalue weighted by Crippen LogP contribution is 2.29. The van der Waals surface area contributed by atoms with E-state index in [1.165, 1.54) is 0 Å². The van der Waals surface area contributed by atoms with Crippen LogP contribution in [0.4, 0.5) is 0 Å². The lowest BCUT2D eigenvalue weighted by Crippen LogP contribution is -2.52. The highest BCUT2D eigenvalue weighted by atomic mass is 16.6. The second kappa shape index (κ2) is 23.6. The molecule has 290 valence electrons. The van der Waals surface area contributed by atoms with Gasteiger partial charge < -0.3 is 35.5 Å². The van der Waals surface area contributed by atoms with E-state index < -0.39 is 23.7 Å². The van der Waals surface area contributed by atoms with Crippen molar-refractivity contribution in [2.24, 2.45) is 11.8 Å². The topological polar surface area (TPSA) is 155 Å². The van der Waals surface area contributed by atoms with Gasteiger partial charge in [0, 0.05) is 7.11 Å². The fourth-order valence-corrected chi connectivity index (χ4v) is 5.04. The molecule has 3 amide bonds. The van der Waals surface area contributed by atoms with E-state index in [2.05, 4.69) is 21.3 Å². The predicted molar refractivity (Wildman–Crippen MR) is 206 cm³/mol. The van der Waals surface area contributed by atoms with Crippen LogP contribution in [0.2, 0.25) is 0 Å². The summed E-state index contributed by atoms with van der Waals surface area (Å²) in [5.74, 6) is 0.116. The Morgan fingerprint density at radius 3 is 1.75 bits per heavy atom. The zero-order valence-corrected chi connectivity index (χ0v) is 33.0. The Bertz CT molecular complexity index is 1340. The van der Waals surface area contributed by atoms with E-state index in [1.807, 2.05) is 109 Å². The number of ketones is 1. The standard InChI is InChI=1S/C19H28N2O3.C17H24N2O3.C5H12O/c1-13(2)10-15(17(22)19(3)12-24-19)21-18(23)16(20-4)11-14-8-6-5-7-9-14;1-13(2)10-15(11-20)19-17(22)16(18-12-21)9-8-14-6-4-3-5-7-14;1-5(2,3)6-4/h5-9,13,15-16,20H,10-12H2,1-4H3,(H,21,23);3-7,11-13,15-16H,8-10H2,1-2H3,(H,18,21)(H,19,22);1-4H3/t15?,16-,19?;;/m0../s1. The van der Waals surface area contributed by atoms with Crippen molar-refractivity contribution in [3.05, 3.63) is 71.8 Å². The number of amides is 3. The maximum absolute atomic E-state index is 12.7. The molecule has 52 heavy (non-hydrogen) atoms. The molecular formula is C41H64N4O7. The summed E-state index contributed by atoms with van der Waals surface area (Å²) in [5.41, 5.74) is 1.50. The third-order valence-corrected chi connectivity index (χ3v) is 8.37. The number of methoxy groups -OCH3 is 1. The Balaban J connectivity index is 0.000000451. The predicted octanol–water partition coefficient (Wildman–Crippen LogP) is 4.60. The summed E-state index contributed by atoms with van der Waals surface area (Å²) in [6.45, 7) is 16.3. The molecule has 0 bridgehead atoms. The normalized spacial score (nSPS) is 17.2. The number of rotatable bonds is 19. The van der Waals surface area contributed by atoms with Crippen molar-refractivity contribution in [1.29, 1.82) is 0 Å². The van der Waals surface area contributed by atoms with E-state index in [0.29, 0.717) is 57.0 Å². The van der Waals surface area contributed by atoms with Crippen LogP contribution in [-0.4, -0.2) is 86.4 Å². The van der Waals surface area contributed by atoms with Crippen LogP contribution in [0.5, 0.6) is 0 Å². The smallest absolute Gasteiger partial charge is 0.243 e. The molecule has 0 spiro atoms. The SMILES string of the molecule is CC(C)CC(C=O)NC(=O)C(CCc1ccccc1)NC=O.CN[C@@H](Cc1ccccc1)C(=O)NC(CC(C)C)C(=O)C1(C)CO1.COC(C)(C)C. The van der Waals surface area contributed by atoms with Crippen LogP contribution in [0.15, 0.2) is 60.7 Å². The van der Waals surface area contributed by atoms with Crippen LogP contribution < -0.4 is 21.3 Å². The summed E-state index contributed by atoms with van der Waals surface area (Å²) in [4.78, 5) is 59.2. The van der Waals surface area contributed by atoms with Gasteiger partial charge in [-0.25, -0.2) is 0 Å². The maximum atomic E-state index is 12.7. The van der Waals surface area contributed by atoms with Crippen LogP contribution in [0, 0.1) is 11.8 Å². The van der Waals surface area contributed by atoms with Gasteiger partial charge in [0.1, 0.15) is 17.9 Å². The van der Waals surface area contributed by atoms with Gasteiger partial charge in [0.25, 0.3) is 0 Å². The minimum atomic E-state index is -0.721. The molecule has 1 fully saturated rings. The van der Waals surface area contributed by atoms with Crippen LogP contribution in [0.25, 0.3) is 0 Å². The second-order valence-electron chi connectivity index (χ2n) is 15.2. The molecular weight excluding hydrogens is 660 g/mol. The third kappa shape index (κ3) is 19.1. The van der Waals surface area contributed by atoms with Gasteiger partial charge >= 0.3 is 0 Å². The average Bonchev–Trinajstić information content (AvgIpc) is 3.86. The van der Waals surface area contributed by atoms with Crippen molar-refractivity contribution in [3.63, 3.8) is 0 Å². The van der Waals surface area contributed by atoms with Crippen molar-refractivity contribution in [1.82, 2.24) is 21.3 Å². The number of likely N-dealkylation sites (N-methyl/N-ethyl adjacent to an activating group) is 1. The number of nitrogens with one attached hydrogen (secondary N) is 4. The fourth-order valence-electron chi connectivity index (χ4n) is 5.04. The van der Waals surface area contributed by atoms with Gasteiger partial charge in [0.2, 0.25) is 18.2 Å². The number of epoxide rings is 1. The van der Waals surface area contributed by atoms with Gasteiger partial charge in [-0.2, -0.15) is 0 Å². The van der Waals surface area contributed by atoms with Crippen molar-refractivity contribution < 1.29 is 33.4 Å². The molecule has 0 aliphatic carbocycles. The van der Waals surface area contributed by atoms with Gasteiger partial charge in [-0.05, 0) is 89.8 Å². The van der Waals surface area contributed by atoms with Crippen LogP contribution in [-0.2, 0) is 46.3 Å². The summed E-state index contributed by atoms with van der Waals surface area (Å²) >= 11 is 0. The van der Waals surface area contributed by atoms with Crippen molar-refractivity contribution >= 4 is 30.3 Å². The summed E-state index contributed by atoms with van der Waals surface area (Å²) in [6.07, 6.45) is 4.21. The molecule has 0 aromatic heterocycles. The van der Waals surface area contributed by atoms with Gasteiger partial charge in [-0.1, -0.05) is 88.4 Å². The Labute approximate surface area is 311 Å². The molecule has 0 saturated carbocycles. The van der Waals surface area contributed by atoms with E-state index in [0.717, 1.165) is 17.4 Å². The lowest BCUT2D eigenvalue weighted by molar-refractivity contribution is -0.131. The largest absolute Gasteiger partial charge is 0.379 e. The van der Waals surface area contributed by atoms with E-state index >= 15 is 0 Å². The minimum absolute atomic E-state index is 0.0286. The Kier molecular flexibility index (Phi) is 20.9. The summed E-state index contributed by atoms with van der Waals surface area (Å²) < 4.78 is 10.2. The number of Topliss-reactive ketones (excluding diaryl/α,β-unsaturated/α-hetero) is 1. The number of carbonyl (C=O) groups is 5. The maximum Gasteiger partial charge on any atom is 0.243 e. The Hall–Kier alpha value is -3.93. The lowest BCUT2D eigenvalue weighted by Gasteiger charge is -2.24. The van der Waals surface area contributed by atoms with E-state index in [-0.39, 0.29) is 29.2 Å². The molecule has 1 heterocycles. The Morgan fingerprint density at radius 1 is 0.827 bits per heavy atom. The number of benzene rings is 2. The lowest BCUT2D eigenvalue weighted by atomic mass is 9.93. The summed E-state index contributed by atoms with van der Waals surface area (Å²) in [5, 5.41) is 11.2. The van der Waals surface area contributed by atoms with Gasteiger partial charge in [0.05, 0.1) is 30.3 Å². The van der Waals surface area contributed by atoms with Crippen LogP contribution >= 0.6 is 0 Å².